The fourth-order valence-electron chi connectivity index (χ4n) is 6.35. The third-order valence-corrected chi connectivity index (χ3v) is 8.16. The van der Waals surface area contributed by atoms with Crippen LogP contribution in [0, 0.1) is 31.6 Å². The SMILES string of the molecule is CCC1=C2[C@@H](CC/C(=C/c3cc(C)c(O)c(C)c3)CC)OB(O)C[C@@H]2[C@@H]2C(=O)N(C(=O)OC)C(=O)[C@@H]2C1. The van der Waals surface area contributed by atoms with Gasteiger partial charge in [0.25, 0.3) is 0 Å². The predicted molar refractivity (Wildman–Crippen MR) is 139 cm³/mol. The van der Waals surface area contributed by atoms with Crippen LogP contribution in [0.4, 0.5) is 4.79 Å². The lowest BCUT2D eigenvalue weighted by atomic mass is 9.58. The molecule has 2 aliphatic heterocycles. The van der Waals surface area contributed by atoms with E-state index in [1.807, 2.05) is 32.9 Å². The molecule has 2 N–H and O–H groups in total. The molecular formula is C28H36BNO7. The molecule has 198 valence electrons. The number of ether oxygens (including phenoxy) is 1. The molecule has 1 aliphatic carbocycles. The maximum atomic E-state index is 13.2. The molecule has 0 radical (unpaired) electrons. The van der Waals surface area contributed by atoms with E-state index in [2.05, 4.69) is 13.0 Å². The van der Waals surface area contributed by atoms with E-state index in [9.17, 15) is 24.5 Å². The molecule has 0 aromatic heterocycles. The summed E-state index contributed by atoms with van der Waals surface area (Å²) in [4.78, 5) is 39.1. The summed E-state index contributed by atoms with van der Waals surface area (Å²) in [7, 11) is 0.0991. The number of carbonyl (C=O) groups excluding carboxylic acids is 3. The van der Waals surface area contributed by atoms with Crippen LogP contribution in [-0.4, -0.2) is 53.3 Å². The molecule has 1 aromatic carbocycles. The Morgan fingerprint density at radius 2 is 1.86 bits per heavy atom. The Balaban J connectivity index is 1.61. The molecule has 9 heteroatoms. The first-order chi connectivity index (χ1) is 17.6. The number of likely N-dealkylation sites (tertiary alicyclic amines) is 1. The van der Waals surface area contributed by atoms with E-state index in [0.29, 0.717) is 29.9 Å². The van der Waals surface area contributed by atoms with Gasteiger partial charge in [-0.15, -0.1) is 0 Å². The van der Waals surface area contributed by atoms with E-state index in [-0.39, 0.29) is 18.3 Å². The minimum atomic E-state index is -1.05. The van der Waals surface area contributed by atoms with Crippen LogP contribution in [0.25, 0.3) is 6.08 Å². The van der Waals surface area contributed by atoms with Gasteiger partial charge in [-0.1, -0.05) is 31.1 Å². The van der Waals surface area contributed by atoms with Crippen LogP contribution in [-0.2, 0) is 19.0 Å². The van der Waals surface area contributed by atoms with Gasteiger partial charge in [0.15, 0.2) is 0 Å². The van der Waals surface area contributed by atoms with Crippen LogP contribution >= 0.6 is 0 Å². The van der Waals surface area contributed by atoms with Crippen molar-refractivity contribution in [1.82, 2.24) is 4.90 Å². The third-order valence-electron chi connectivity index (χ3n) is 8.16. The van der Waals surface area contributed by atoms with Gasteiger partial charge in [-0.3, -0.25) is 9.59 Å². The smallest absolute Gasteiger partial charge is 0.455 e. The Hall–Kier alpha value is -2.91. The maximum absolute atomic E-state index is 13.2. The normalized spacial score (nSPS) is 25.9. The summed E-state index contributed by atoms with van der Waals surface area (Å²) in [5.74, 6) is -2.41. The molecule has 2 saturated heterocycles. The zero-order chi connectivity index (χ0) is 27.0. The summed E-state index contributed by atoms with van der Waals surface area (Å²) in [6.07, 6.45) is 4.32. The molecule has 2 heterocycles. The van der Waals surface area contributed by atoms with E-state index in [4.69, 9.17) is 9.39 Å². The number of phenols is 1. The number of carbonyl (C=O) groups is 3. The number of amides is 3. The highest BCUT2D eigenvalue weighted by atomic mass is 16.5. The number of methoxy groups -OCH3 is 1. The van der Waals surface area contributed by atoms with Gasteiger partial charge in [-0.05, 0) is 92.6 Å². The molecule has 3 aliphatic rings. The van der Waals surface area contributed by atoms with Crippen molar-refractivity contribution in [2.75, 3.05) is 7.11 Å². The van der Waals surface area contributed by atoms with E-state index in [1.54, 1.807) is 0 Å². The Labute approximate surface area is 218 Å². The lowest BCUT2D eigenvalue weighted by molar-refractivity contribution is -0.137. The minimum absolute atomic E-state index is 0.215. The van der Waals surface area contributed by atoms with Crippen molar-refractivity contribution in [3.63, 3.8) is 0 Å². The monoisotopic (exact) mass is 509 g/mol. The number of aromatic hydroxyl groups is 1. The summed E-state index contributed by atoms with van der Waals surface area (Å²) in [6, 6.07) is 3.92. The zero-order valence-corrected chi connectivity index (χ0v) is 22.2. The van der Waals surface area contributed by atoms with E-state index < -0.39 is 36.9 Å². The first kappa shape index (κ1) is 27.1. The summed E-state index contributed by atoms with van der Waals surface area (Å²) in [5, 5.41) is 20.7. The van der Waals surface area contributed by atoms with Crippen LogP contribution < -0.4 is 0 Å². The number of hydrogen-bond acceptors (Lipinski definition) is 7. The van der Waals surface area contributed by atoms with Crippen LogP contribution in [0.15, 0.2) is 28.9 Å². The fraction of sp³-hybridized carbons (Fsp3) is 0.536. The third kappa shape index (κ3) is 4.99. The Morgan fingerprint density at radius 3 is 2.46 bits per heavy atom. The standard InChI is InChI=1S/C28H36BNO7/c1-6-17(12-18-10-15(3)25(31)16(4)11-18)8-9-22-23-19(7-2)13-20-24(21(23)14-29(35)37-22)27(33)30(26(20)32)28(34)36-5/h10-12,20-22,24,31,35H,6-9,13-14H2,1-5H3/b17-12+/t20-,21+,22-,24-/m1/s1. The van der Waals surface area contributed by atoms with Gasteiger partial charge in [0.2, 0.25) is 11.8 Å². The van der Waals surface area contributed by atoms with Crippen LogP contribution in [0.2, 0.25) is 6.32 Å². The molecular weight excluding hydrogens is 473 g/mol. The van der Waals surface area contributed by atoms with Crippen LogP contribution in [0.1, 0.15) is 62.6 Å². The van der Waals surface area contributed by atoms with Gasteiger partial charge in [-0.25, -0.2) is 4.79 Å². The number of hydrogen-bond donors (Lipinski definition) is 2. The van der Waals surface area contributed by atoms with Crippen molar-refractivity contribution in [2.24, 2.45) is 17.8 Å². The van der Waals surface area contributed by atoms with Gasteiger partial charge < -0.3 is 19.5 Å². The highest BCUT2D eigenvalue weighted by Gasteiger charge is 2.58. The van der Waals surface area contributed by atoms with E-state index in [0.717, 1.165) is 47.8 Å². The Morgan fingerprint density at radius 1 is 1.19 bits per heavy atom. The average Bonchev–Trinajstić information content (AvgIpc) is 3.13. The molecule has 2 fully saturated rings. The lowest BCUT2D eigenvalue weighted by Gasteiger charge is -2.43. The zero-order valence-electron chi connectivity index (χ0n) is 22.2. The number of rotatable bonds is 6. The fourth-order valence-corrected chi connectivity index (χ4v) is 6.35. The molecule has 3 amide bonds. The summed E-state index contributed by atoms with van der Waals surface area (Å²) in [5.41, 5.74) is 5.97. The van der Waals surface area contributed by atoms with Gasteiger partial charge >= 0.3 is 13.2 Å². The molecule has 4 rings (SSSR count). The maximum Gasteiger partial charge on any atom is 0.455 e. The van der Waals surface area contributed by atoms with Crippen molar-refractivity contribution in [3.05, 3.63) is 45.5 Å². The second-order valence-electron chi connectivity index (χ2n) is 10.4. The number of nitrogens with zero attached hydrogens (tertiary/aromatic N) is 1. The summed E-state index contributed by atoms with van der Waals surface area (Å²) in [6.45, 7) is 7.88. The number of aryl methyl sites for hydroxylation is 2. The summed E-state index contributed by atoms with van der Waals surface area (Å²) >= 11 is 0. The average molecular weight is 509 g/mol. The van der Waals surface area contributed by atoms with Gasteiger partial charge in [-0.2, -0.15) is 4.90 Å². The van der Waals surface area contributed by atoms with Crippen LogP contribution in [0.3, 0.4) is 0 Å². The van der Waals surface area contributed by atoms with Gasteiger partial charge in [0.1, 0.15) is 5.75 Å². The molecule has 0 bridgehead atoms. The minimum Gasteiger partial charge on any atom is -0.507 e. The lowest BCUT2D eigenvalue weighted by Crippen LogP contribution is -2.46. The Bertz CT molecular complexity index is 1150. The van der Waals surface area contributed by atoms with Gasteiger partial charge in [0, 0.05) is 0 Å². The van der Waals surface area contributed by atoms with Crippen molar-refractivity contribution < 1.29 is 33.9 Å². The number of benzene rings is 1. The second kappa shape index (κ2) is 10.8. The molecule has 37 heavy (non-hydrogen) atoms. The topological polar surface area (TPSA) is 113 Å². The van der Waals surface area contributed by atoms with E-state index >= 15 is 0 Å². The highest BCUT2D eigenvalue weighted by Crippen LogP contribution is 2.51. The second-order valence-corrected chi connectivity index (χ2v) is 10.4. The first-order valence-corrected chi connectivity index (χ1v) is 13.1. The summed E-state index contributed by atoms with van der Waals surface area (Å²) < 4.78 is 10.7. The van der Waals surface area contributed by atoms with Gasteiger partial charge in [0.05, 0.1) is 25.0 Å². The highest BCUT2D eigenvalue weighted by molar-refractivity contribution is 6.43. The molecule has 4 atom stereocenters. The largest absolute Gasteiger partial charge is 0.507 e. The van der Waals surface area contributed by atoms with Crippen molar-refractivity contribution >= 4 is 31.1 Å². The number of allylic oxidation sites excluding steroid dienone is 2. The Kier molecular flexibility index (Phi) is 7.95. The molecule has 0 unspecified atom stereocenters. The van der Waals surface area contributed by atoms with Crippen LogP contribution in [0.5, 0.6) is 5.75 Å². The van der Waals surface area contributed by atoms with E-state index in [1.165, 1.54) is 5.57 Å². The van der Waals surface area contributed by atoms with Crippen molar-refractivity contribution in [1.29, 1.82) is 0 Å². The molecule has 0 saturated carbocycles. The quantitative estimate of drug-likeness (QED) is 0.329. The molecule has 1 aromatic rings. The predicted octanol–water partition coefficient (Wildman–Crippen LogP) is 4.56. The molecule has 0 spiro atoms. The first-order valence-electron chi connectivity index (χ1n) is 13.1. The van der Waals surface area contributed by atoms with Crippen molar-refractivity contribution in [2.45, 2.75) is 72.2 Å². The number of phenolic OH excluding ortho intramolecular Hbond substituents is 1. The van der Waals surface area contributed by atoms with Crippen molar-refractivity contribution in [3.8, 4) is 5.75 Å². The number of imide groups is 3. The number of fused-ring (bicyclic) bond motifs is 3. The molecule has 8 nitrogen and oxygen atoms in total.